The molecule has 1 aromatic carbocycles. The van der Waals surface area contributed by atoms with Gasteiger partial charge in [-0.3, -0.25) is 4.79 Å². The third-order valence-corrected chi connectivity index (χ3v) is 2.22. The fourth-order valence-corrected chi connectivity index (χ4v) is 1.38. The van der Waals surface area contributed by atoms with E-state index in [1.54, 1.807) is 11.9 Å². The number of carbonyl (C=O) groups is 1. The first-order valence-corrected chi connectivity index (χ1v) is 5.25. The third-order valence-electron chi connectivity index (χ3n) is 1.83. The van der Waals surface area contributed by atoms with Gasteiger partial charge in [-0.25, -0.2) is 0 Å². The fourth-order valence-electron chi connectivity index (χ4n) is 1.04. The molecule has 0 aliphatic heterocycles. The monoisotopic (exact) mass is 241 g/mol. The van der Waals surface area contributed by atoms with E-state index in [4.69, 9.17) is 0 Å². The smallest absolute Gasteiger partial charge is 0.227 e. The summed E-state index contributed by atoms with van der Waals surface area (Å²) in [4.78, 5) is 13.1. The summed E-state index contributed by atoms with van der Waals surface area (Å²) in [5, 5.41) is 0.711. The molecule has 0 aromatic heterocycles. The maximum atomic E-state index is 11.4. The van der Waals surface area contributed by atoms with Crippen LogP contribution >= 0.6 is 15.9 Å². The van der Waals surface area contributed by atoms with Crippen LogP contribution in [-0.4, -0.2) is 18.3 Å². The summed E-state index contributed by atoms with van der Waals surface area (Å²) >= 11 is 3.24. The van der Waals surface area contributed by atoms with Gasteiger partial charge in [-0.2, -0.15) is 0 Å². The Hall–Kier alpha value is -0.830. The molecule has 0 aliphatic carbocycles. The average Bonchev–Trinajstić information content (AvgIpc) is 2.18. The predicted molar refractivity (Wildman–Crippen MR) is 58.3 cm³/mol. The van der Waals surface area contributed by atoms with Crippen LogP contribution in [0.15, 0.2) is 30.3 Å². The summed E-state index contributed by atoms with van der Waals surface area (Å²) in [7, 11) is 1.79. The van der Waals surface area contributed by atoms with Crippen molar-refractivity contribution >= 4 is 27.5 Å². The number of halogens is 1. The van der Waals surface area contributed by atoms with Crippen molar-refractivity contribution in [2.75, 3.05) is 17.3 Å². The van der Waals surface area contributed by atoms with Gasteiger partial charge in [0.1, 0.15) is 0 Å². The van der Waals surface area contributed by atoms with Crippen LogP contribution < -0.4 is 4.90 Å². The molecule has 13 heavy (non-hydrogen) atoms. The molecule has 0 fully saturated rings. The molecule has 1 rings (SSSR count). The molecule has 0 saturated heterocycles. The zero-order valence-electron chi connectivity index (χ0n) is 7.53. The van der Waals surface area contributed by atoms with Gasteiger partial charge in [-0.15, -0.1) is 0 Å². The number of nitrogens with zero attached hydrogens (tertiary/aromatic N) is 1. The zero-order chi connectivity index (χ0) is 9.68. The molecule has 0 bridgehead atoms. The van der Waals surface area contributed by atoms with Crippen molar-refractivity contribution in [3.05, 3.63) is 30.3 Å². The summed E-state index contributed by atoms with van der Waals surface area (Å²) < 4.78 is 0. The van der Waals surface area contributed by atoms with E-state index in [-0.39, 0.29) is 5.91 Å². The van der Waals surface area contributed by atoms with Crippen LogP contribution in [0, 0.1) is 0 Å². The second kappa shape index (κ2) is 5.02. The van der Waals surface area contributed by atoms with Gasteiger partial charge >= 0.3 is 0 Å². The molecule has 70 valence electrons. The number of amides is 1. The highest BCUT2D eigenvalue weighted by Gasteiger charge is 2.08. The lowest BCUT2D eigenvalue weighted by molar-refractivity contribution is -0.117. The van der Waals surface area contributed by atoms with E-state index in [0.717, 1.165) is 5.69 Å². The normalized spacial score (nSPS) is 9.69. The standard InChI is InChI=1S/C10H12BrNO/c1-12(10(13)7-8-11)9-5-3-2-4-6-9/h2-6H,7-8H2,1H3. The Kier molecular flexibility index (Phi) is 3.96. The van der Waals surface area contributed by atoms with Crippen molar-refractivity contribution in [1.29, 1.82) is 0 Å². The third kappa shape index (κ3) is 2.84. The van der Waals surface area contributed by atoms with Gasteiger partial charge in [0.2, 0.25) is 5.91 Å². The van der Waals surface area contributed by atoms with Gasteiger partial charge < -0.3 is 4.90 Å². The Balaban J connectivity index is 2.68. The van der Waals surface area contributed by atoms with Gasteiger partial charge in [0.25, 0.3) is 0 Å². The highest BCUT2D eigenvalue weighted by Crippen LogP contribution is 2.12. The highest BCUT2D eigenvalue weighted by atomic mass is 79.9. The van der Waals surface area contributed by atoms with Crippen molar-refractivity contribution in [3.63, 3.8) is 0 Å². The molecular weight excluding hydrogens is 230 g/mol. The van der Waals surface area contributed by atoms with Crippen LogP contribution in [0.4, 0.5) is 5.69 Å². The van der Waals surface area contributed by atoms with Crippen LogP contribution in [0.1, 0.15) is 6.42 Å². The molecule has 0 saturated carbocycles. The van der Waals surface area contributed by atoms with E-state index in [1.807, 2.05) is 30.3 Å². The highest BCUT2D eigenvalue weighted by molar-refractivity contribution is 9.09. The van der Waals surface area contributed by atoms with Crippen LogP contribution in [0.5, 0.6) is 0 Å². The summed E-state index contributed by atoms with van der Waals surface area (Å²) in [5.41, 5.74) is 0.938. The van der Waals surface area contributed by atoms with Gasteiger partial charge in [0.05, 0.1) is 0 Å². The van der Waals surface area contributed by atoms with Gasteiger partial charge in [0, 0.05) is 24.5 Å². The molecule has 0 unspecified atom stereocenters. The van der Waals surface area contributed by atoms with Gasteiger partial charge in [-0.1, -0.05) is 34.1 Å². The largest absolute Gasteiger partial charge is 0.315 e. The number of benzene rings is 1. The first-order valence-electron chi connectivity index (χ1n) is 4.13. The predicted octanol–water partition coefficient (Wildman–Crippen LogP) is 2.43. The molecule has 1 aromatic rings. The number of anilines is 1. The minimum atomic E-state index is 0.128. The van der Waals surface area contributed by atoms with Crippen molar-refractivity contribution in [1.82, 2.24) is 0 Å². The number of hydrogen-bond donors (Lipinski definition) is 0. The summed E-state index contributed by atoms with van der Waals surface area (Å²) in [5.74, 6) is 0.128. The molecular formula is C10H12BrNO. The van der Waals surface area contributed by atoms with E-state index in [1.165, 1.54) is 0 Å². The number of hydrogen-bond acceptors (Lipinski definition) is 1. The minimum Gasteiger partial charge on any atom is -0.315 e. The van der Waals surface area contributed by atoms with Crippen LogP contribution in [0.25, 0.3) is 0 Å². The van der Waals surface area contributed by atoms with Crippen molar-refractivity contribution < 1.29 is 4.79 Å². The van der Waals surface area contributed by atoms with Crippen LogP contribution in [0.3, 0.4) is 0 Å². The second-order valence-electron chi connectivity index (χ2n) is 2.73. The molecule has 0 N–H and O–H groups in total. The summed E-state index contributed by atoms with van der Waals surface area (Å²) in [6.07, 6.45) is 0.533. The lowest BCUT2D eigenvalue weighted by atomic mass is 10.3. The topological polar surface area (TPSA) is 20.3 Å². The molecule has 0 heterocycles. The zero-order valence-corrected chi connectivity index (χ0v) is 9.12. The molecule has 0 atom stereocenters. The van der Waals surface area contributed by atoms with Crippen molar-refractivity contribution in [2.45, 2.75) is 6.42 Å². The Morgan fingerprint density at radius 2 is 2.00 bits per heavy atom. The second-order valence-corrected chi connectivity index (χ2v) is 3.52. The van der Waals surface area contributed by atoms with Crippen LogP contribution in [0.2, 0.25) is 0 Å². The maximum absolute atomic E-state index is 11.4. The average molecular weight is 242 g/mol. The Labute approximate surface area is 86.7 Å². The van der Waals surface area contributed by atoms with E-state index in [9.17, 15) is 4.79 Å². The Morgan fingerprint density at radius 1 is 1.38 bits per heavy atom. The molecule has 0 aliphatic rings. The number of alkyl halides is 1. The molecule has 3 heteroatoms. The molecule has 0 spiro atoms. The van der Waals surface area contributed by atoms with E-state index in [2.05, 4.69) is 15.9 Å². The van der Waals surface area contributed by atoms with E-state index < -0.39 is 0 Å². The SMILES string of the molecule is CN(C(=O)CCBr)c1ccccc1. The van der Waals surface area contributed by atoms with Gasteiger partial charge in [-0.05, 0) is 12.1 Å². The lowest BCUT2D eigenvalue weighted by Crippen LogP contribution is -2.25. The quantitative estimate of drug-likeness (QED) is 0.745. The van der Waals surface area contributed by atoms with Crippen molar-refractivity contribution in [2.24, 2.45) is 0 Å². The molecule has 1 amide bonds. The molecule has 0 radical (unpaired) electrons. The maximum Gasteiger partial charge on any atom is 0.227 e. The fraction of sp³-hybridized carbons (Fsp3) is 0.300. The van der Waals surface area contributed by atoms with E-state index >= 15 is 0 Å². The first-order chi connectivity index (χ1) is 6.25. The summed E-state index contributed by atoms with van der Waals surface area (Å²) in [6, 6.07) is 9.63. The minimum absolute atomic E-state index is 0.128. The van der Waals surface area contributed by atoms with Crippen molar-refractivity contribution in [3.8, 4) is 0 Å². The number of para-hydroxylation sites is 1. The van der Waals surface area contributed by atoms with Gasteiger partial charge in [0.15, 0.2) is 0 Å². The van der Waals surface area contributed by atoms with E-state index in [0.29, 0.717) is 11.8 Å². The number of rotatable bonds is 3. The first kappa shape index (κ1) is 10.3. The Bertz CT molecular complexity index is 274. The Morgan fingerprint density at radius 3 is 2.54 bits per heavy atom. The lowest BCUT2D eigenvalue weighted by Gasteiger charge is -2.16. The summed E-state index contributed by atoms with van der Waals surface area (Å²) in [6.45, 7) is 0. The number of carbonyl (C=O) groups excluding carboxylic acids is 1. The van der Waals surface area contributed by atoms with Crippen LogP contribution in [-0.2, 0) is 4.79 Å². The molecule has 2 nitrogen and oxygen atoms in total.